The Hall–Kier alpha value is -3.07. The fourth-order valence-corrected chi connectivity index (χ4v) is 5.71. The highest BCUT2D eigenvalue weighted by Gasteiger charge is 2.32. The van der Waals surface area contributed by atoms with Gasteiger partial charge in [0.05, 0.1) is 20.6 Å². The lowest BCUT2D eigenvalue weighted by Crippen LogP contribution is -2.51. The normalized spacial score (nSPS) is 12.1. The molecular formula is C29H33Cl2N3O4S. The number of rotatable bonds is 10. The maximum Gasteiger partial charge on any atom is 0.264 e. The molecule has 0 aromatic heterocycles. The van der Waals surface area contributed by atoms with Crippen LogP contribution in [0.3, 0.4) is 0 Å². The first-order valence-electron chi connectivity index (χ1n) is 12.5. The van der Waals surface area contributed by atoms with Gasteiger partial charge in [0, 0.05) is 13.1 Å². The Balaban J connectivity index is 2.06. The van der Waals surface area contributed by atoms with Crippen LogP contribution in [0, 0.1) is 20.8 Å². The van der Waals surface area contributed by atoms with Gasteiger partial charge in [-0.2, -0.15) is 0 Å². The molecule has 0 aliphatic heterocycles. The molecule has 10 heteroatoms. The molecule has 0 saturated carbocycles. The van der Waals surface area contributed by atoms with Crippen LogP contribution in [-0.4, -0.2) is 44.3 Å². The number of nitrogens with zero attached hydrogens (tertiary/aromatic N) is 2. The highest BCUT2D eigenvalue weighted by Crippen LogP contribution is 2.28. The topological polar surface area (TPSA) is 86.8 Å². The van der Waals surface area contributed by atoms with Crippen molar-refractivity contribution in [2.45, 2.75) is 52.1 Å². The second kappa shape index (κ2) is 12.9. The van der Waals surface area contributed by atoms with E-state index < -0.39 is 28.5 Å². The van der Waals surface area contributed by atoms with Gasteiger partial charge < -0.3 is 10.2 Å². The monoisotopic (exact) mass is 589 g/mol. The molecule has 3 aromatic carbocycles. The minimum absolute atomic E-state index is 0.0272. The number of carbonyl (C=O) groups is 2. The van der Waals surface area contributed by atoms with Crippen LogP contribution >= 0.6 is 23.2 Å². The summed E-state index contributed by atoms with van der Waals surface area (Å²) >= 11 is 12.3. The number of likely N-dealkylation sites (N-methyl/N-ethyl adjacent to an activating group) is 1. The predicted octanol–water partition coefficient (Wildman–Crippen LogP) is 5.67. The van der Waals surface area contributed by atoms with E-state index in [1.54, 1.807) is 56.3 Å². The fourth-order valence-electron chi connectivity index (χ4n) is 3.99. The van der Waals surface area contributed by atoms with Crippen molar-refractivity contribution < 1.29 is 18.0 Å². The van der Waals surface area contributed by atoms with E-state index in [0.717, 1.165) is 21.0 Å². The molecule has 3 aromatic rings. The summed E-state index contributed by atoms with van der Waals surface area (Å²) in [6.07, 6.45) is 0. The van der Waals surface area contributed by atoms with Crippen molar-refractivity contribution in [1.29, 1.82) is 0 Å². The smallest absolute Gasteiger partial charge is 0.264 e. The maximum absolute atomic E-state index is 13.9. The summed E-state index contributed by atoms with van der Waals surface area (Å²) in [5.74, 6) is -0.904. The van der Waals surface area contributed by atoms with Crippen molar-refractivity contribution in [3.05, 3.63) is 93.0 Å². The average Bonchev–Trinajstić information content (AvgIpc) is 2.89. The van der Waals surface area contributed by atoms with Crippen LogP contribution in [0.5, 0.6) is 0 Å². The molecule has 1 atom stereocenters. The Morgan fingerprint density at radius 1 is 0.897 bits per heavy atom. The Kier molecular flexibility index (Phi) is 10.0. The summed E-state index contributed by atoms with van der Waals surface area (Å²) in [6, 6.07) is 15.8. The first kappa shape index (κ1) is 30.5. The lowest BCUT2D eigenvalue weighted by Gasteiger charge is -2.32. The van der Waals surface area contributed by atoms with E-state index in [4.69, 9.17) is 23.2 Å². The van der Waals surface area contributed by atoms with Crippen molar-refractivity contribution in [1.82, 2.24) is 10.2 Å². The molecule has 1 unspecified atom stereocenters. The maximum atomic E-state index is 13.9. The molecule has 1 N–H and O–H groups in total. The van der Waals surface area contributed by atoms with Crippen molar-refractivity contribution >= 4 is 50.7 Å². The zero-order valence-corrected chi connectivity index (χ0v) is 25.0. The van der Waals surface area contributed by atoms with Gasteiger partial charge in [-0.05, 0) is 87.7 Å². The van der Waals surface area contributed by atoms with Gasteiger partial charge in [0.25, 0.3) is 10.0 Å². The van der Waals surface area contributed by atoms with Gasteiger partial charge in [-0.15, -0.1) is 0 Å². The van der Waals surface area contributed by atoms with Gasteiger partial charge in [-0.3, -0.25) is 13.9 Å². The van der Waals surface area contributed by atoms with E-state index in [2.05, 4.69) is 5.32 Å². The molecule has 0 aliphatic carbocycles. The molecule has 0 aliphatic rings. The molecule has 0 fully saturated rings. The first-order chi connectivity index (χ1) is 18.3. The molecule has 0 bridgehead atoms. The third-order valence-electron chi connectivity index (χ3n) is 6.52. The van der Waals surface area contributed by atoms with Gasteiger partial charge in [-0.1, -0.05) is 53.0 Å². The van der Waals surface area contributed by atoms with Crippen molar-refractivity contribution in [3.63, 3.8) is 0 Å². The van der Waals surface area contributed by atoms with E-state index in [1.807, 2.05) is 26.8 Å². The van der Waals surface area contributed by atoms with Crippen LogP contribution < -0.4 is 9.62 Å². The lowest BCUT2D eigenvalue weighted by atomic mass is 10.1. The van der Waals surface area contributed by atoms with E-state index >= 15 is 0 Å². The predicted molar refractivity (Wildman–Crippen MR) is 157 cm³/mol. The Labute approximate surface area is 240 Å². The van der Waals surface area contributed by atoms with Crippen LogP contribution in [0.2, 0.25) is 10.0 Å². The Morgan fingerprint density at radius 3 is 2.15 bits per heavy atom. The SMILES string of the molecule is CCNC(=O)C(C)N(Cc1ccc(Cl)c(Cl)c1)C(=O)CN(c1ccc(C)c(C)c1)S(=O)(=O)c1ccc(C)cc1. The zero-order valence-electron chi connectivity index (χ0n) is 22.7. The highest BCUT2D eigenvalue weighted by molar-refractivity contribution is 7.92. The summed E-state index contributed by atoms with van der Waals surface area (Å²) in [6.45, 7) is 8.96. The molecule has 7 nitrogen and oxygen atoms in total. The minimum Gasteiger partial charge on any atom is -0.355 e. The number of amides is 2. The van der Waals surface area contributed by atoms with Crippen molar-refractivity contribution in [3.8, 4) is 0 Å². The molecule has 2 amide bonds. The van der Waals surface area contributed by atoms with Gasteiger partial charge in [0.1, 0.15) is 12.6 Å². The third-order valence-corrected chi connectivity index (χ3v) is 9.05. The van der Waals surface area contributed by atoms with E-state index in [1.165, 1.54) is 17.0 Å². The number of anilines is 1. The quantitative estimate of drug-likeness (QED) is 0.330. The number of sulfonamides is 1. The van der Waals surface area contributed by atoms with E-state index in [-0.39, 0.29) is 17.3 Å². The molecule has 0 spiro atoms. The molecule has 0 radical (unpaired) electrons. The lowest BCUT2D eigenvalue weighted by molar-refractivity contribution is -0.139. The minimum atomic E-state index is -4.12. The van der Waals surface area contributed by atoms with Gasteiger partial charge >= 0.3 is 0 Å². The Bertz CT molecular complexity index is 1460. The van der Waals surface area contributed by atoms with Gasteiger partial charge in [0.2, 0.25) is 11.8 Å². The van der Waals surface area contributed by atoms with Crippen LogP contribution in [0.15, 0.2) is 65.6 Å². The second-order valence-electron chi connectivity index (χ2n) is 9.43. The number of benzene rings is 3. The second-order valence-corrected chi connectivity index (χ2v) is 12.1. The highest BCUT2D eigenvalue weighted by atomic mass is 35.5. The molecule has 208 valence electrons. The molecule has 3 rings (SSSR count). The number of hydrogen-bond acceptors (Lipinski definition) is 4. The number of carbonyl (C=O) groups excluding carboxylic acids is 2. The molecule has 39 heavy (non-hydrogen) atoms. The summed E-state index contributed by atoms with van der Waals surface area (Å²) < 4.78 is 28.9. The zero-order chi connectivity index (χ0) is 28.9. The van der Waals surface area contributed by atoms with Crippen LogP contribution in [0.4, 0.5) is 5.69 Å². The fraction of sp³-hybridized carbons (Fsp3) is 0.310. The van der Waals surface area contributed by atoms with Gasteiger partial charge in [-0.25, -0.2) is 8.42 Å². The number of nitrogens with one attached hydrogen (secondary N) is 1. The van der Waals surface area contributed by atoms with Crippen molar-refractivity contribution in [2.24, 2.45) is 0 Å². The third kappa shape index (κ3) is 7.32. The molecular weight excluding hydrogens is 557 g/mol. The summed E-state index contributed by atoms with van der Waals surface area (Å²) in [5, 5.41) is 3.41. The van der Waals surface area contributed by atoms with Crippen LogP contribution in [0.25, 0.3) is 0 Å². The summed E-state index contributed by atoms with van der Waals surface area (Å²) in [4.78, 5) is 28.1. The number of halogens is 2. The summed E-state index contributed by atoms with van der Waals surface area (Å²) in [5.41, 5.74) is 3.78. The Morgan fingerprint density at radius 2 is 1.56 bits per heavy atom. The summed E-state index contributed by atoms with van der Waals surface area (Å²) in [7, 11) is -4.12. The standard InChI is InChI=1S/C29H33Cl2N3O4S/c1-6-32-29(36)22(5)33(17-23-10-14-26(30)27(31)16-23)28(35)18-34(24-11-9-20(3)21(4)15-24)39(37,38)25-12-7-19(2)8-13-25/h7-16,22H,6,17-18H2,1-5H3,(H,32,36). The number of aryl methyl sites for hydroxylation is 3. The number of hydrogen-bond donors (Lipinski definition) is 1. The molecule has 0 heterocycles. The molecule has 0 saturated heterocycles. The average molecular weight is 591 g/mol. The van der Waals surface area contributed by atoms with E-state index in [0.29, 0.717) is 27.8 Å². The van der Waals surface area contributed by atoms with E-state index in [9.17, 15) is 18.0 Å². The van der Waals surface area contributed by atoms with Gasteiger partial charge in [0.15, 0.2) is 0 Å². The largest absolute Gasteiger partial charge is 0.355 e. The van der Waals surface area contributed by atoms with Crippen LogP contribution in [0.1, 0.15) is 36.1 Å². The first-order valence-corrected chi connectivity index (χ1v) is 14.7. The van der Waals surface area contributed by atoms with Crippen LogP contribution in [-0.2, 0) is 26.2 Å². The van der Waals surface area contributed by atoms with Crippen molar-refractivity contribution in [2.75, 3.05) is 17.4 Å².